The number of allylic oxidation sites excluding steroid dienone is 10. The van der Waals surface area contributed by atoms with Gasteiger partial charge in [-0.1, -0.05) is 172 Å². The Kier molecular flexibility index (Phi) is 21.7. The molecule has 0 bridgehead atoms. The van der Waals surface area contributed by atoms with Crippen molar-refractivity contribution < 1.29 is 87.8 Å². The van der Waals surface area contributed by atoms with Crippen molar-refractivity contribution in [1.29, 1.82) is 0 Å². The molecule has 8 aromatic carbocycles. The number of hydrogen-bond donors (Lipinski definition) is 0. The molecule has 560 valence electrons. The second-order valence-electron chi connectivity index (χ2n) is 30.6. The Labute approximate surface area is 605 Å². The van der Waals surface area contributed by atoms with Gasteiger partial charge in [-0.15, -0.1) is 10.9 Å². The summed E-state index contributed by atoms with van der Waals surface area (Å²) in [5.41, 5.74) is -2.74. The van der Waals surface area contributed by atoms with Crippen LogP contribution in [0, 0.1) is 210 Å². The van der Waals surface area contributed by atoms with E-state index in [1.165, 1.54) is 38.2 Å². The fraction of sp³-hybridized carbons (Fsp3) is 0.268. The minimum atomic E-state index is -4.45. The van der Waals surface area contributed by atoms with Gasteiger partial charge in [0, 0.05) is 10.6 Å². The SMILES string of the molecule is C=C(C)C1=C(/C=C/C(C)(C)C)[B-](c2c(F)c(F)c(F)c(F)c2F)(c2c(F)c(F)c(F)c(F)c2F)[P+]1(c1c(C)cc(C)cc1C)c1c(C)cc(C)cc1C.C=C(C)C1=C(/C=C/C(C)(C)C)[B-](c2c(F)c(F)c(F)c(F)c2F)(c2c(F)c(F)c(F)c(F)c2F)[P+]1(c1c(C)cc(C)cc1C)c1c(C)cc(C)cc1C. The quantitative estimate of drug-likeness (QED) is 0.0376. The summed E-state index contributed by atoms with van der Waals surface area (Å²) in [7, 11) is -8.90. The molecule has 24 heteroatoms. The molecule has 0 atom stereocenters. The van der Waals surface area contributed by atoms with Crippen LogP contribution in [0.2, 0.25) is 0 Å². The highest BCUT2D eigenvalue weighted by Gasteiger charge is 2.76. The zero-order valence-corrected chi connectivity index (χ0v) is 63.7. The van der Waals surface area contributed by atoms with Gasteiger partial charge in [0.25, 0.3) is 11.7 Å². The fourth-order valence-electron chi connectivity index (χ4n) is 17.7. The summed E-state index contributed by atoms with van der Waals surface area (Å²) in [4.78, 5) is 0. The Morgan fingerprint density at radius 2 is 0.415 bits per heavy atom. The molecule has 0 saturated heterocycles. The van der Waals surface area contributed by atoms with Crippen LogP contribution >= 0.6 is 14.3 Å². The Morgan fingerprint density at radius 1 is 0.274 bits per heavy atom. The van der Waals surface area contributed by atoms with Gasteiger partial charge in [0.05, 0.1) is 21.2 Å². The molecule has 0 radical (unpaired) electrons. The predicted molar refractivity (Wildman–Crippen MR) is 391 cm³/mol. The van der Waals surface area contributed by atoms with Crippen molar-refractivity contribution in [3.63, 3.8) is 0 Å². The highest BCUT2D eigenvalue weighted by molar-refractivity contribution is 8.27. The van der Waals surface area contributed by atoms with E-state index in [0.717, 1.165) is 0 Å². The van der Waals surface area contributed by atoms with E-state index in [2.05, 4.69) is 13.2 Å². The van der Waals surface area contributed by atoms with Gasteiger partial charge in [0.15, 0.2) is 69.8 Å². The zero-order chi connectivity index (χ0) is 80.0. The maximum atomic E-state index is 17.0. The van der Waals surface area contributed by atoms with Gasteiger partial charge in [0.1, 0.15) is 46.5 Å². The number of halogens is 20. The van der Waals surface area contributed by atoms with Gasteiger partial charge >= 0.3 is 0 Å². The number of rotatable bonds is 12. The number of benzene rings is 8. The van der Waals surface area contributed by atoms with Crippen LogP contribution in [0.25, 0.3) is 0 Å². The lowest BCUT2D eigenvalue weighted by atomic mass is 9.32. The van der Waals surface area contributed by atoms with Crippen molar-refractivity contribution in [2.24, 2.45) is 10.8 Å². The first-order valence-corrected chi connectivity index (χ1v) is 37.2. The van der Waals surface area contributed by atoms with Crippen LogP contribution in [-0.2, 0) is 0 Å². The summed E-state index contributed by atoms with van der Waals surface area (Å²) in [6, 6.07) is 13.4. The average Bonchev–Trinajstić information content (AvgIpc) is 0.638. The molecule has 2 aliphatic heterocycles. The number of hydrogen-bond acceptors (Lipinski definition) is 0. The summed E-state index contributed by atoms with van der Waals surface area (Å²) in [6.45, 7) is 41.6. The van der Waals surface area contributed by atoms with E-state index in [4.69, 9.17) is 0 Å². The van der Waals surface area contributed by atoms with Crippen LogP contribution < -0.4 is 43.1 Å². The van der Waals surface area contributed by atoms with Gasteiger partial charge in [-0.05, 0) is 178 Å². The summed E-state index contributed by atoms with van der Waals surface area (Å²) >= 11 is 0. The van der Waals surface area contributed by atoms with Gasteiger partial charge in [-0.3, -0.25) is 0 Å². The third-order valence-corrected chi connectivity index (χ3v) is 32.5. The molecule has 106 heavy (non-hydrogen) atoms. The van der Waals surface area contributed by atoms with Gasteiger partial charge in [0.2, 0.25) is 0 Å². The van der Waals surface area contributed by atoms with Crippen molar-refractivity contribution in [3.05, 3.63) is 302 Å². The van der Waals surface area contributed by atoms with Crippen molar-refractivity contribution in [2.75, 3.05) is 0 Å². The lowest BCUT2D eigenvalue weighted by Crippen LogP contribution is -2.74. The largest absolute Gasteiger partial charge is 0.277 e. The van der Waals surface area contributed by atoms with E-state index in [1.54, 1.807) is 173 Å². The number of aryl methyl sites for hydroxylation is 12. The molecule has 2 aliphatic rings. The summed E-state index contributed by atoms with van der Waals surface area (Å²) < 4.78 is 321. The van der Waals surface area contributed by atoms with Crippen molar-refractivity contribution >= 4 is 69.1 Å². The first kappa shape index (κ1) is 81.9. The van der Waals surface area contributed by atoms with E-state index in [0.29, 0.717) is 66.8 Å². The van der Waals surface area contributed by atoms with Crippen molar-refractivity contribution in [1.82, 2.24) is 0 Å². The Hall–Kier alpha value is -8.21. The molecule has 0 unspecified atom stereocenters. The van der Waals surface area contributed by atoms with Crippen LogP contribution in [0.5, 0.6) is 0 Å². The lowest BCUT2D eigenvalue weighted by Gasteiger charge is -2.63. The first-order valence-electron chi connectivity index (χ1n) is 33.5. The molecule has 0 fully saturated rings. The molecule has 8 aromatic rings. The third kappa shape index (κ3) is 11.8. The third-order valence-electron chi connectivity index (χ3n) is 20.2. The van der Waals surface area contributed by atoms with Gasteiger partial charge in [-0.25, -0.2) is 87.8 Å². The Bertz CT molecular complexity index is 4520. The molecular weight excluding hydrogens is 1450 g/mol. The van der Waals surface area contributed by atoms with Crippen LogP contribution in [0.1, 0.15) is 122 Å². The molecule has 0 spiro atoms. The molecule has 0 aliphatic carbocycles. The van der Waals surface area contributed by atoms with E-state index < -0.39 is 175 Å². The van der Waals surface area contributed by atoms with Gasteiger partial charge < -0.3 is 0 Å². The molecule has 0 amide bonds. The van der Waals surface area contributed by atoms with Crippen LogP contribution in [0.4, 0.5) is 87.8 Å². The molecular formula is C82H76B2F20P2. The summed E-state index contributed by atoms with van der Waals surface area (Å²) in [5, 5.41) is 1.20. The topological polar surface area (TPSA) is 0 Å². The van der Waals surface area contributed by atoms with Crippen molar-refractivity contribution in [2.45, 2.75) is 138 Å². The normalized spacial score (nSPS) is 15.4. The van der Waals surface area contributed by atoms with Crippen LogP contribution in [0.3, 0.4) is 0 Å². The minimum Gasteiger partial charge on any atom is -0.207 e. The molecule has 2 heterocycles. The smallest absolute Gasteiger partial charge is 0.207 e. The van der Waals surface area contributed by atoms with E-state index in [-0.39, 0.29) is 53.9 Å². The lowest BCUT2D eigenvalue weighted by molar-refractivity contribution is 0.382. The van der Waals surface area contributed by atoms with E-state index >= 15 is 70.2 Å². The maximum absolute atomic E-state index is 17.0. The second-order valence-corrected chi connectivity index (χ2v) is 37.7. The minimum absolute atomic E-state index is 0.163. The summed E-state index contributed by atoms with van der Waals surface area (Å²) in [6.07, 6.45) is 5.46. The van der Waals surface area contributed by atoms with Crippen molar-refractivity contribution in [3.8, 4) is 0 Å². The summed E-state index contributed by atoms with van der Waals surface area (Å²) in [5.74, 6) is -58.3. The maximum Gasteiger partial charge on any atom is 0.277 e. The molecule has 10 rings (SSSR count). The Morgan fingerprint density at radius 3 is 0.547 bits per heavy atom. The predicted octanol–water partition coefficient (Wildman–Crippen LogP) is 21.3. The first-order chi connectivity index (χ1) is 48.8. The zero-order valence-electron chi connectivity index (χ0n) is 62.0. The van der Waals surface area contributed by atoms with E-state index in [9.17, 15) is 17.6 Å². The van der Waals surface area contributed by atoms with E-state index in [1.807, 2.05) is 0 Å². The highest BCUT2D eigenvalue weighted by Crippen LogP contribution is 2.84. The molecule has 0 saturated carbocycles. The van der Waals surface area contributed by atoms with Crippen LogP contribution in [0.15, 0.2) is 119 Å². The standard InChI is InChI=1S/2C41H38BF10P/c2*1-18(2)38-25(12-13-41(9,10)11)42(26-28(43)32(47)36(51)33(48)29(26)44,27-30(45)34(49)37(52)35(50)31(27)46)53(38,39-21(5)14-19(3)15-22(39)6)40-23(7)16-20(4)17-24(40)8/h2*12-17H,1H2,2-11H3/b2*13-12+. The average molecular weight is 1530 g/mol. The fourth-order valence-corrected chi connectivity index (χ4v) is 32.2. The molecule has 0 aromatic heterocycles. The highest BCUT2D eigenvalue weighted by atomic mass is 31.2. The van der Waals surface area contributed by atoms with Gasteiger partial charge in [-0.2, -0.15) is 0 Å². The monoisotopic (exact) mass is 1520 g/mol. The molecule has 0 N–H and O–H groups in total. The Balaban J connectivity index is 0.000000245. The molecule has 0 nitrogen and oxygen atoms in total. The second kappa shape index (κ2) is 28.1. The van der Waals surface area contributed by atoms with Crippen LogP contribution in [-0.4, -0.2) is 11.7 Å².